The second-order valence-corrected chi connectivity index (χ2v) is 5.27. The summed E-state index contributed by atoms with van der Waals surface area (Å²) in [5.74, 6) is -0.915. The second-order valence-electron chi connectivity index (χ2n) is 5.27. The van der Waals surface area contributed by atoms with Crippen molar-refractivity contribution in [1.82, 2.24) is 4.98 Å². The summed E-state index contributed by atoms with van der Waals surface area (Å²) >= 11 is 0. The van der Waals surface area contributed by atoms with Crippen molar-refractivity contribution >= 4 is 16.9 Å². The van der Waals surface area contributed by atoms with Crippen LogP contribution in [-0.4, -0.2) is 24.9 Å². The van der Waals surface area contributed by atoms with Gasteiger partial charge in [-0.3, -0.25) is 4.98 Å². The Balaban J connectivity index is 1.95. The van der Waals surface area contributed by atoms with Crippen molar-refractivity contribution in [2.75, 3.05) is 13.9 Å². The van der Waals surface area contributed by atoms with Gasteiger partial charge in [-0.25, -0.2) is 9.18 Å². The number of carbonyl (C=O) groups is 1. The predicted octanol–water partition coefficient (Wildman–Crippen LogP) is 3.71. The van der Waals surface area contributed by atoms with Gasteiger partial charge in [0.1, 0.15) is 23.7 Å². The van der Waals surface area contributed by atoms with Crippen LogP contribution >= 0.6 is 0 Å². The molecule has 0 unspecified atom stereocenters. The predicted molar refractivity (Wildman–Crippen MR) is 89.8 cm³/mol. The van der Waals surface area contributed by atoms with Gasteiger partial charge in [0, 0.05) is 12.5 Å². The lowest BCUT2D eigenvalue weighted by Gasteiger charge is -2.13. The summed E-state index contributed by atoms with van der Waals surface area (Å²) in [7, 11) is 1.47. The van der Waals surface area contributed by atoms with Gasteiger partial charge in [0.15, 0.2) is 6.79 Å². The molecule has 0 spiro atoms. The minimum Gasteiger partial charge on any atom is -0.467 e. The van der Waals surface area contributed by atoms with Crippen LogP contribution in [0.1, 0.15) is 15.9 Å². The van der Waals surface area contributed by atoms with Crippen LogP contribution in [0.25, 0.3) is 10.9 Å². The molecule has 0 aliphatic rings. The first-order chi connectivity index (χ1) is 12.2. The molecule has 0 atom stereocenters. The Morgan fingerprint density at radius 3 is 2.72 bits per heavy atom. The van der Waals surface area contributed by atoms with Crippen molar-refractivity contribution in [3.63, 3.8) is 0 Å². The molecule has 0 saturated carbocycles. The van der Waals surface area contributed by atoms with Gasteiger partial charge in [-0.15, -0.1) is 0 Å². The first kappa shape index (κ1) is 16.9. The number of methoxy groups -OCH3 is 1. The van der Waals surface area contributed by atoms with Crippen LogP contribution in [0.4, 0.5) is 4.39 Å². The van der Waals surface area contributed by atoms with Crippen LogP contribution in [0.3, 0.4) is 0 Å². The Bertz CT molecular complexity index is 883. The third kappa shape index (κ3) is 3.92. The van der Waals surface area contributed by atoms with Crippen molar-refractivity contribution in [1.29, 1.82) is 0 Å². The fourth-order valence-corrected chi connectivity index (χ4v) is 2.40. The molecule has 3 aromatic rings. The van der Waals surface area contributed by atoms with Crippen LogP contribution in [0.5, 0.6) is 5.75 Å². The highest BCUT2D eigenvalue weighted by Gasteiger charge is 2.19. The first-order valence-electron chi connectivity index (χ1n) is 7.60. The number of fused-ring (bicyclic) bond motifs is 1. The lowest BCUT2D eigenvalue weighted by atomic mass is 10.1. The number of nitrogens with zero attached hydrogens (tertiary/aromatic N) is 1. The van der Waals surface area contributed by atoms with E-state index in [4.69, 9.17) is 14.2 Å². The number of hydrogen-bond donors (Lipinski definition) is 0. The molecule has 0 aliphatic carbocycles. The zero-order valence-electron chi connectivity index (χ0n) is 13.6. The van der Waals surface area contributed by atoms with Gasteiger partial charge in [-0.1, -0.05) is 30.3 Å². The van der Waals surface area contributed by atoms with Gasteiger partial charge >= 0.3 is 5.97 Å². The molecule has 0 saturated heterocycles. The molecule has 0 N–H and O–H groups in total. The third-order valence-corrected chi connectivity index (χ3v) is 3.54. The van der Waals surface area contributed by atoms with Crippen molar-refractivity contribution in [3.05, 3.63) is 71.7 Å². The summed E-state index contributed by atoms with van der Waals surface area (Å²) in [6.07, 6.45) is 1.09. The van der Waals surface area contributed by atoms with Crippen LogP contribution < -0.4 is 4.74 Å². The van der Waals surface area contributed by atoms with Crippen LogP contribution in [-0.2, 0) is 16.1 Å². The highest BCUT2D eigenvalue weighted by Crippen LogP contribution is 2.29. The molecule has 0 amide bonds. The first-order valence-corrected chi connectivity index (χ1v) is 7.60. The fraction of sp³-hybridized carbons (Fsp3) is 0.158. The maximum Gasteiger partial charge on any atom is 0.342 e. The summed E-state index contributed by atoms with van der Waals surface area (Å²) in [4.78, 5) is 16.6. The molecular weight excluding hydrogens is 325 g/mol. The van der Waals surface area contributed by atoms with E-state index in [1.807, 2.05) is 30.3 Å². The zero-order chi connectivity index (χ0) is 17.6. The van der Waals surface area contributed by atoms with Crippen molar-refractivity contribution < 1.29 is 23.4 Å². The quantitative estimate of drug-likeness (QED) is 0.505. The fourth-order valence-electron chi connectivity index (χ4n) is 2.40. The Hall–Kier alpha value is -2.99. The van der Waals surface area contributed by atoms with Crippen molar-refractivity contribution in [2.24, 2.45) is 0 Å². The molecule has 1 heterocycles. The van der Waals surface area contributed by atoms with Gasteiger partial charge in [-0.2, -0.15) is 0 Å². The number of carbonyl (C=O) groups excluding carboxylic acids is 1. The number of rotatable bonds is 6. The molecule has 3 rings (SSSR count). The lowest BCUT2D eigenvalue weighted by molar-refractivity contribution is 0.0412. The average molecular weight is 341 g/mol. The molecule has 0 radical (unpaired) electrons. The largest absolute Gasteiger partial charge is 0.467 e. The summed E-state index contributed by atoms with van der Waals surface area (Å²) in [6.45, 7) is 0.0513. The van der Waals surface area contributed by atoms with E-state index in [1.54, 1.807) is 12.1 Å². The Morgan fingerprint density at radius 2 is 1.96 bits per heavy atom. The van der Waals surface area contributed by atoms with E-state index in [-0.39, 0.29) is 24.7 Å². The van der Waals surface area contributed by atoms with Crippen molar-refractivity contribution in [2.45, 2.75) is 6.61 Å². The molecular formula is C19H16FNO4. The van der Waals surface area contributed by atoms with Gasteiger partial charge in [0.25, 0.3) is 0 Å². The molecule has 6 heteroatoms. The van der Waals surface area contributed by atoms with E-state index < -0.39 is 11.8 Å². The summed E-state index contributed by atoms with van der Waals surface area (Å²) < 4.78 is 29.3. The molecule has 0 bridgehead atoms. The SMILES string of the molecule is COCOc1ccc2ncc(F)cc2c1C(=O)OCc1ccccc1. The van der Waals surface area contributed by atoms with E-state index in [1.165, 1.54) is 13.2 Å². The highest BCUT2D eigenvalue weighted by molar-refractivity contribution is 6.06. The number of pyridine rings is 1. The Kier molecular flexibility index (Phi) is 5.20. The van der Waals surface area contributed by atoms with Crippen LogP contribution in [0, 0.1) is 5.82 Å². The second kappa shape index (κ2) is 7.72. The van der Waals surface area contributed by atoms with E-state index in [9.17, 15) is 9.18 Å². The molecule has 5 nitrogen and oxygen atoms in total. The number of benzene rings is 2. The molecule has 2 aromatic carbocycles. The summed E-state index contributed by atoms with van der Waals surface area (Å²) in [6, 6.07) is 13.8. The summed E-state index contributed by atoms with van der Waals surface area (Å²) in [5, 5.41) is 0.326. The molecule has 0 aliphatic heterocycles. The van der Waals surface area contributed by atoms with Gasteiger partial charge < -0.3 is 14.2 Å². The number of halogens is 1. The topological polar surface area (TPSA) is 57.7 Å². The number of aromatic nitrogens is 1. The minimum atomic E-state index is -0.618. The number of ether oxygens (including phenoxy) is 3. The summed E-state index contributed by atoms with van der Waals surface area (Å²) in [5.41, 5.74) is 1.44. The number of hydrogen-bond acceptors (Lipinski definition) is 5. The average Bonchev–Trinajstić information content (AvgIpc) is 2.64. The minimum absolute atomic E-state index is 0.0484. The standard InChI is InChI=1S/C19H16FNO4/c1-23-12-25-17-8-7-16-15(9-14(20)10-21-16)18(17)19(22)24-11-13-5-3-2-4-6-13/h2-10H,11-12H2,1H3. The monoisotopic (exact) mass is 341 g/mol. The van der Waals surface area contributed by atoms with E-state index in [0.717, 1.165) is 11.8 Å². The maximum atomic E-state index is 13.6. The van der Waals surface area contributed by atoms with E-state index >= 15 is 0 Å². The van der Waals surface area contributed by atoms with Crippen LogP contribution in [0.15, 0.2) is 54.7 Å². The van der Waals surface area contributed by atoms with Gasteiger partial charge in [0.2, 0.25) is 0 Å². The third-order valence-electron chi connectivity index (χ3n) is 3.54. The maximum absolute atomic E-state index is 13.6. The Morgan fingerprint density at radius 1 is 1.16 bits per heavy atom. The van der Waals surface area contributed by atoms with Crippen LogP contribution in [0.2, 0.25) is 0 Å². The van der Waals surface area contributed by atoms with E-state index in [0.29, 0.717) is 10.9 Å². The van der Waals surface area contributed by atoms with Gasteiger partial charge in [0.05, 0.1) is 11.7 Å². The number of esters is 1. The lowest BCUT2D eigenvalue weighted by Crippen LogP contribution is -2.10. The molecule has 25 heavy (non-hydrogen) atoms. The van der Waals surface area contributed by atoms with Gasteiger partial charge in [-0.05, 0) is 23.8 Å². The zero-order valence-corrected chi connectivity index (χ0v) is 13.6. The highest BCUT2D eigenvalue weighted by atomic mass is 19.1. The molecule has 1 aromatic heterocycles. The normalized spacial score (nSPS) is 10.6. The van der Waals surface area contributed by atoms with Crippen molar-refractivity contribution in [3.8, 4) is 5.75 Å². The molecule has 0 fully saturated rings. The smallest absolute Gasteiger partial charge is 0.342 e. The Labute approximate surface area is 144 Å². The molecule has 128 valence electrons. The van der Waals surface area contributed by atoms with E-state index in [2.05, 4.69) is 4.98 Å².